The Bertz CT molecular complexity index is 109. The van der Waals surface area contributed by atoms with E-state index in [0.717, 1.165) is 11.8 Å². The molecule has 0 saturated heterocycles. The highest BCUT2D eigenvalue weighted by atomic mass is 16.5. The maximum absolute atomic E-state index is 5.70. The van der Waals surface area contributed by atoms with Crippen LogP contribution in [0.1, 0.15) is 47.0 Å². The highest BCUT2D eigenvalue weighted by Crippen LogP contribution is 2.35. The van der Waals surface area contributed by atoms with Crippen molar-refractivity contribution in [3.63, 3.8) is 0 Å². The third-order valence-corrected chi connectivity index (χ3v) is 2.46. The van der Waals surface area contributed by atoms with Gasteiger partial charge >= 0.3 is 0 Å². The van der Waals surface area contributed by atoms with Gasteiger partial charge in [-0.2, -0.15) is 0 Å². The van der Waals surface area contributed by atoms with E-state index >= 15 is 0 Å². The second-order valence-electron chi connectivity index (χ2n) is 4.77. The minimum Gasteiger partial charge on any atom is -0.376 e. The van der Waals surface area contributed by atoms with E-state index in [1.807, 2.05) is 0 Å². The molecular formula is C11H22O. The van der Waals surface area contributed by atoms with E-state index in [2.05, 4.69) is 27.7 Å². The minimum absolute atomic E-state index is 0.412. The molecule has 0 aromatic heterocycles. The first-order valence-electron chi connectivity index (χ1n) is 5.23. The number of rotatable bonds is 4. The fraction of sp³-hybridized carbons (Fsp3) is 1.00. The van der Waals surface area contributed by atoms with Crippen LogP contribution >= 0.6 is 0 Å². The molecule has 0 aromatic carbocycles. The van der Waals surface area contributed by atoms with Crippen molar-refractivity contribution < 1.29 is 4.74 Å². The van der Waals surface area contributed by atoms with Crippen molar-refractivity contribution in [2.24, 2.45) is 11.8 Å². The average molecular weight is 170 g/mol. The Morgan fingerprint density at radius 2 is 1.75 bits per heavy atom. The molecule has 0 N–H and O–H groups in total. The highest BCUT2D eigenvalue weighted by molar-refractivity contribution is 4.81. The molecule has 0 aromatic rings. The Balaban J connectivity index is 2.04. The predicted octanol–water partition coefficient (Wildman–Crippen LogP) is 3.24. The Hall–Kier alpha value is -0.0400. The van der Waals surface area contributed by atoms with E-state index in [1.54, 1.807) is 0 Å². The van der Waals surface area contributed by atoms with Crippen LogP contribution in [0.3, 0.4) is 0 Å². The third kappa shape index (κ3) is 3.14. The summed E-state index contributed by atoms with van der Waals surface area (Å²) in [5.41, 5.74) is 0. The molecule has 1 heteroatoms. The van der Waals surface area contributed by atoms with Gasteiger partial charge in [0.25, 0.3) is 0 Å². The Labute approximate surface area is 76.5 Å². The summed E-state index contributed by atoms with van der Waals surface area (Å²) in [5, 5.41) is 0. The zero-order valence-corrected chi connectivity index (χ0v) is 8.84. The smallest absolute Gasteiger partial charge is 0.0584 e. The Morgan fingerprint density at radius 3 is 2.17 bits per heavy atom. The molecule has 1 aliphatic carbocycles. The van der Waals surface area contributed by atoms with Crippen molar-refractivity contribution in [1.29, 1.82) is 0 Å². The topological polar surface area (TPSA) is 9.23 Å². The molecule has 0 atom stereocenters. The van der Waals surface area contributed by atoms with Crippen LogP contribution in [-0.2, 0) is 4.74 Å². The van der Waals surface area contributed by atoms with E-state index < -0.39 is 0 Å². The first kappa shape index (κ1) is 10.0. The summed E-state index contributed by atoms with van der Waals surface area (Å²) in [7, 11) is 0. The molecule has 0 spiro atoms. The summed E-state index contributed by atoms with van der Waals surface area (Å²) in [6.45, 7) is 8.85. The number of ether oxygens (including phenoxy) is 1. The maximum atomic E-state index is 5.70. The Morgan fingerprint density at radius 1 is 1.17 bits per heavy atom. The molecule has 72 valence electrons. The van der Waals surface area contributed by atoms with Crippen molar-refractivity contribution in [2.45, 2.75) is 59.2 Å². The van der Waals surface area contributed by atoms with E-state index in [4.69, 9.17) is 4.74 Å². The third-order valence-electron chi connectivity index (χ3n) is 2.46. The van der Waals surface area contributed by atoms with Gasteiger partial charge in [0.05, 0.1) is 12.2 Å². The highest BCUT2D eigenvalue weighted by Gasteiger charge is 2.30. The number of hydrogen-bond acceptors (Lipinski definition) is 1. The fourth-order valence-electron chi connectivity index (χ4n) is 2.03. The van der Waals surface area contributed by atoms with E-state index in [1.165, 1.54) is 19.3 Å². The molecule has 12 heavy (non-hydrogen) atoms. The molecule has 0 amide bonds. The van der Waals surface area contributed by atoms with Gasteiger partial charge in [0.2, 0.25) is 0 Å². The summed E-state index contributed by atoms with van der Waals surface area (Å²) in [5.74, 6) is 1.81. The molecule has 0 unspecified atom stereocenters. The summed E-state index contributed by atoms with van der Waals surface area (Å²) in [4.78, 5) is 0. The van der Waals surface area contributed by atoms with Crippen LogP contribution in [0.5, 0.6) is 0 Å². The molecule has 0 heterocycles. The summed E-state index contributed by atoms with van der Waals surface area (Å²) in [6, 6.07) is 0. The summed E-state index contributed by atoms with van der Waals surface area (Å²) in [6.07, 6.45) is 4.98. The average Bonchev–Trinajstić information content (AvgIpc) is 1.80. The summed E-state index contributed by atoms with van der Waals surface area (Å²) < 4.78 is 5.70. The van der Waals surface area contributed by atoms with Gasteiger partial charge < -0.3 is 4.74 Å². The van der Waals surface area contributed by atoms with Crippen LogP contribution in [-0.4, -0.2) is 12.2 Å². The second-order valence-corrected chi connectivity index (χ2v) is 4.77. The zero-order chi connectivity index (χ0) is 9.14. The van der Waals surface area contributed by atoms with E-state index in [0.29, 0.717) is 12.2 Å². The molecule has 0 bridgehead atoms. The molecule has 0 aliphatic heterocycles. The minimum atomic E-state index is 0.412. The van der Waals surface area contributed by atoms with E-state index in [-0.39, 0.29) is 0 Å². The van der Waals surface area contributed by atoms with Gasteiger partial charge in [-0.3, -0.25) is 0 Å². The molecule has 0 radical (unpaired) electrons. The largest absolute Gasteiger partial charge is 0.376 e. The van der Waals surface area contributed by atoms with E-state index in [9.17, 15) is 0 Å². The van der Waals surface area contributed by atoms with Crippen molar-refractivity contribution in [2.75, 3.05) is 0 Å². The van der Waals surface area contributed by atoms with Gasteiger partial charge in [0.15, 0.2) is 0 Å². The van der Waals surface area contributed by atoms with Gasteiger partial charge in [0.1, 0.15) is 0 Å². The predicted molar refractivity (Wildman–Crippen MR) is 52.2 cm³/mol. The molecule has 1 fully saturated rings. The lowest BCUT2D eigenvalue weighted by atomic mass is 9.77. The summed E-state index contributed by atoms with van der Waals surface area (Å²) >= 11 is 0. The van der Waals surface area contributed by atoms with Crippen LogP contribution in [0, 0.1) is 11.8 Å². The van der Waals surface area contributed by atoms with Gasteiger partial charge in [-0.05, 0) is 44.9 Å². The van der Waals surface area contributed by atoms with Gasteiger partial charge in [0, 0.05) is 0 Å². The molecule has 1 aliphatic rings. The fourth-order valence-corrected chi connectivity index (χ4v) is 2.03. The maximum Gasteiger partial charge on any atom is 0.0584 e. The molecule has 1 nitrogen and oxygen atoms in total. The van der Waals surface area contributed by atoms with Crippen molar-refractivity contribution >= 4 is 0 Å². The van der Waals surface area contributed by atoms with Gasteiger partial charge in [-0.1, -0.05) is 13.8 Å². The van der Waals surface area contributed by atoms with Gasteiger partial charge in [-0.25, -0.2) is 0 Å². The van der Waals surface area contributed by atoms with Crippen LogP contribution in [0.2, 0.25) is 0 Å². The first-order valence-corrected chi connectivity index (χ1v) is 5.23. The van der Waals surface area contributed by atoms with Crippen LogP contribution in [0.4, 0.5) is 0 Å². The monoisotopic (exact) mass is 170 g/mol. The SMILES string of the molecule is CC(C)CC1CC(OC(C)C)C1. The quantitative estimate of drug-likeness (QED) is 0.629. The molecular weight excluding hydrogens is 148 g/mol. The van der Waals surface area contributed by atoms with Gasteiger partial charge in [-0.15, -0.1) is 0 Å². The molecule has 1 saturated carbocycles. The van der Waals surface area contributed by atoms with Crippen LogP contribution in [0.25, 0.3) is 0 Å². The van der Waals surface area contributed by atoms with Crippen LogP contribution in [0.15, 0.2) is 0 Å². The lowest BCUT2D eigenvalue weighted by Gasteiger charge is -2.37. The zero-order valence-electron chi connectivity index (χ0n) is 8.84. The van der Waals surface area contributed by atoms with Crippen LogP contribution < -0.4 is 0 Å². The van der Waals surface area contributed by atoms with Crippen molar-refractivity contribution in [3.8, 4) is 0 Å². The lowest BCUT2D eigenvalue weighted by molar-refractivity contribution is -0.0655. The standard InChI is InChI=1S/C11H22O/c1-8(2)5-10-6-11(7-10)12-9(3)4/h8-11H,5-7H2,1-4H3. The first-order chi connectivity index (χ1) is 5.58. The van der Waals surface area contributed by atoms with Crippen molar-refractivity contribution in [1.82, 2.24) is 0 Å². The normalized spacial score (nSPS) is 29.5. The Kier molecular flexibility index (Phi) is 3.57. The lowest BCUT2D eigenvalue weighted by Crippen LogP contribution is -2.33. The number of hydrogen-bond donors (Lipinski definition) is 0. The second kappa shape index (κ2) is 4.27. The molecule has 1 rings (SSSR count). The van der Waals surface area contributed by atoms with Crippen molar-refractivity contribution in [3.05, 3.63) is 0 Å².